The molecule has 0 amide bonds. The second-order valence-corrected chi connectivity index (χ2v) is 3.83. The minimum absolute atomic E-state index is 0.0637. The van der Waals surface area contributed by atoms with E-state index >= 15 is 0 Å². The average molecular weight is 233 g/mol. The van der Waals surface area contributed by atoms with Crippen LogP contribution in [0.2, 0.25) is 0 Å². The monoisotopic (exact) mass is 232 g/mol. The van der Waals surface area contributed by atoms with Crippen LogP contribution in [0.25, 0.3) is 0 Å². The number of rotatable bonds is 0. The molecule has 1 aliphatic rings. The van der Waals surface area contributed by atoms with Crippen molar-refractivity contribution < 1.29 is 19.4 Å². The molecule has 1 radical (unpaired) electrons. The van der Waals surface area contributed by atoms with Gasteiger partial charge in [0.05, 0.1) is 0 Å². The molecule has 0 aliphatic heterocycles. The summed E-state index contributed by atoms with van der Waals surface area (Å²) in [7, 11) is 4.64. The molecule has 0 heterocycles. The number of hydrogen-bond acceptors (Lipinski definition) is 0. The summed E-state index contributed by atoms with van der Waals surface area (Å²) in [6, 6.07) is 0. The van der Waals surface area contributed by atoms with E-state index in [0.29, 0.717) is 0 Å². The average Bonchev–Trinajstić information content (AvgIpc) is 2.25. The van der Waals surface area contributed by atoms with E-state index in [9.17, 15) is 0 Å². The van der Waals surface area contributed by atoms with E-state index in [1.165, 1.54) is 41.7 Å². The van der Waals surface area contributed by atoms with Crippen LogP contribution >= 0.6 is 9.30 Å². The van der Waals surface area contributed by atoms with Gasteiger partial charge in [-0.25, -0.2) is 0 Å². The fourth-order valence-electron chi connectivity index (χ4n) is 1.67. The number of hydrogen-bond donors (Lipinski definition) is 0. The molecule has 0 aromatic heterocycles. The third kappa shape index (κ3) is 2.29. The Balaban J connectivity index is 0.000000671. The molecule has 0 bridgehead atoms. The fraction of sp³-hybridized carbons (Fsp3) is 0.545. The van der Waals surface area contributed by atoms with Gasteiger partial charge in [0.15, 0.2) is 0 Å². The minimum atomic E-state index is 0.0637. The third-order valence-electron chi connectivity index (χ3n) is 3.34. The van der Waals surface area contributed by atoms with Crippen LogP contribution in [0.1, 0.15) is 34.6 Å². The summed E-state index contributed by atoms with van der Waals surface area (Å²) in [4.78, 5) is 0. The quantitative estimate of drug-likeness (QED) is 0.549. The van der Waals surface area contributed by atoms with Gasteiger partial charge < -0.3 is 0 Å². The van der Waals surface area contributed by atoms with Crippen LogP contribution in [-0.2, 0) is 19.4 Å². The van der Waals surface area contributed by atoms with Gasteiger partial charge in [-0.3, -0.25) is 0 Å². The summed E-state index contributed by atoms with van der Waals surface area (Å²) in [5.41, 5.74) is 5.77. The Morgan fingerprint density at radius 2 is 1.23 bits per heavy atom. The van der Waals surface area contributed by atoms with Crippen LogP contribution < -0.4 is 0 Å². The molecule has 1 aliphatic carbocycles. The molecule has 72 valence electrons. The molecule has 0 aromatic carbocycles. The maximum atomic E-state index is 4.64. The first-order valence-electron chi connectivity index (χ1n) is 4.29. The zero-order valence-electron chi connectivity index (χ0n) is 9.09. The van der Waals surface area contributed by atoms with Crippen molar-refractivity contribution in [2.24, 2.45) is 5.41 Å². The topological polar surface area (TPSA) is 0 Å². The van der Waals surface area contributed by atoms with E-state index in [4.69, 9.17) is 0 Å². The molecule has 0 nitrogen and oxygen atoms in total. The summed E-state index contributed by atoms with van der Waals surface area (Å²) in [5, 5.41) is 0. The molecule has 0 unspecified atom stereocenters. The third-order valence-corrected chi connectivity index (χ3v) is 3.34. The number of allylic oxidation sites excluding steroid dienone is 4. The van der Waals surface area contributed by atoms with E-state index in [-0.39, 0.29) is 5.41 Å². The van der Waals surface area contributed by atoms with Crippen LogP contribution in [0.5, 0.6) is 0 Å². The van der Waals surface area contributed by atoms with Gasteiger partial charge in [-0.05, 0) is 45.8 Å². The summed E-state index contributed by atoms with van der Waals surface area (Å²) in [6.07, 6.45) is 0. The SMILES string of the molecule is [CH2]C1(C)C(C)=C(C)C(C)=C1C.[Cl][Ti]. The molecule has 0 spiro atoms. The molecule has 0 saturated heterocycles. The standard InChI is InChI=1S/C11H17.ClH.Ti/c1-7-8(2)10(4)11(5,6)9(7)3;;/h5H2,1-4,6H3;1H;/q;;+1/p-1. The molecule has 0 atom stereocenters. The van der Waals surface area contributed by atoms with Crippen LogP contribution in [-0.4, -0.2) is 0 Å². The summed E-state index contributed by atoms with van der Waals surface area (Å²) in [6.45, 7) is 15.1. The van der Waals surface area contributed by atoms with Crippen molar-refractivity contribution >= 4 is 9.30 Å². The van der Waals surface area contributed by atoms with Crippen LogP contribution in [0.4, 0.5) is 0 Å². The van der Waals surface area contributed by atoms with Gasteiger partial charge in [-0.15, -0.1) is 0 Å². The Labute approximate surface area is 97.7 Å². The van der Waals surface area contributed by atoms with Crippen LogP contribution in [0.15, 0.2) is 22.3 Å². The normalized spacial score (nSPS) is 20.2. The van der Waals surface area contributed by atoms with Gasteiger partial charge in [-0.1, -0.05) is 18.1 Å². The predicted octanol–water partition coefficient (Wildman–Crippen LogP) is 4.20. The first-order valence-corrected chi connectivity index (χ1v) is 6.44. The predicted molar refractivity (Wildman–Crippen MR) is 56.1 cm³/mol. The second-order valence-electron chi connectivity index (χ2n) is 3.83. The molecule has 0 saturated carbocycles. The van der Waals surface area contributed by atoms with Crippen molar-refractivity contribution in [1.29, 1.82) is 0 Å². The molecule has 1 rings (SSSR count). The van der Waals surface area contributed by atoms with Crippen LogP contribution in [0.3, 0.4) is 0 Å². The van der Waals surface area contributed by atoms with Gasteiger partial charge >= 0.3 is 28.7 Å². The molecule has 2 heteroatoms. The summed E-state index contributed by atoms with van der Waals surface area (Å²) >= 11 is 1.47. The first-order chi connectivity index (χ1) is 5.89. The Morgan fingerprint density at radius 3 is 1.31 bits per heavy atom. The maximum absolute atomic E-state index is 4.64. The molecule has 0 aromatic rings. The Hall–Kier alpha value is 0.484. The van der Waals surface area contributed by atoms with Crippen molar-refractivity contribution in [2.75, 3.05) is 0 Å². The van der Waals surface area contributed by atoms with Gasteiger partial charge in [-0.2, -0.15) is 0 Å². The van der Waals surface area contributed by atoms with Crippen molar-refractivity contribution in [3.63, 3.8) is 0 Å². The van der Waals surface area contributed by atoms with E-state index in [1.807, 2.05) is 0 Å². The fourth-order valence-corrected chi connectivity index (χ4v) is 1.67. The molecular formula is C11H17ClTi. The van der Waals surface area contributed by atoms with Crippen molar-refractivity contribution in [3.05, 3.63) is 29.2 Å². The summed E-state index contributed by atoms with van der Waals surface area (Å²) in [5.74, 6) is 0. The van der Waals surface area contributed by atoms with Gasteiger partial charge in [0, 0.05) is 5.41 Å². The molecule has 13 heavy (non-hydrogen) atoms. The molecule has 0 N–H and O–H groups in total. The summed E-state index contributed by atoms with van der Waals surface area (Å²) < 4.78 is 0. The first kappa shape index (κ1) is 13.5. The van der Waals surface area contributed by atoms with Crippen molar-refractivity contribution in [1.82, 2.24) is 0 Å². The van der Waals surface area contributed by atoms with Gasteiger partial charge in [0.1, 0.15) is 0 Å². The van der Waals surface area contributed by atoms with Crippen molar-refractivity contribution in [3.8, 4) is 0 Å². The van der Waals surface area contributed by atoms with E-state index in [2.05, 4.69) is 50.8 Å². The zero-order valence-corrected chi connectivity index (χ0v) is 11.4. The van der Waals surface area contributed by atoms with Gasteiger partial charge in [0.2, 0.25) is 0 Å². The second kappa shape index (κ2) is 4.82. The zero-order chi connectivity index (χ0) is 10.8. The van der Waals surface area contributed by atoms with Crippen LogP contribution in [0, 0.1) is 12.3 Å². The number of halogens is 1. The molecular weight excluding hydrogens is 215 g/mol. The van der Waals surface area contributed by atoms with E-state index in [1.54, 1.807) is 0 Å². The van der Waals surface area contributed by atoms with Gasteiger partial charge in [0.25, 0.3) is 0 Å². The Bertz CT molecular complexity index is 233. The van der Waals surface area contributed by atoms with E-state index in [0.717, 1.165) is 0 Å². The Kier molecular flexibility index (Phi) is 5.00. The van der Waals surface area contributed by atoms with E-state index < -0.39 is 0 Å². The van der Waals surface area contributed by atoms with Crippen molar-refractivity contribution in [2.45, 2.75) is 34.6 Å². The molecule has 0 fully saturated rings. The Morgan fingerprint density at radius 1 is 1.00 bits per heavy atom.